The van der Waals surface area contributed by atoms with Crippen molar-refractivity contribution in [1.29, 1.82) is 0 Å². The summed E-state index contributed by atoms with van der Waals surface area (Å²) < 4.78 is 0. The van der Waals surface area contributed by atoms with Crippen molar-refractivity contribution in [2.24, 2.45) is 0 Å². The van der Waals surface area contributed by atoms with E-state index in [9.17, 15) is 9.90 Å². The van der Waals surface area contributed by atoms with Crippen LogP contribution in [0.3, 0.4) is 0 Å². The fourth-order valence-electron chi connectivity index (χ4n) is 2.18. The van der Waals surface area contributed by atoms with Gasteiger partial charge in [-0.3, -0.25) is 4.79 Å². The number of rotatable bonds is 0. The number of Topliss-reactive ketones (excluding diaryl/α,β-unsaturated/α-hetero) is 1. The molecule has 2 heteroatoms. The highest BCUT2D eigenvalue weighted by atomic mass is 16.3. The zero-order valence-electron chi connectivity index (χ0n) is 9.42. The Labute approximate surface area is 89.9 Å². The van der Waals surface area contributed by atoms with E-state index in [1.807, 2.05) is 13.0 Å². The van der Waals surface area contributed by atoms with Gasteiger partial charge in [0.25, 0.3) is 0 Å². The van der Waals surface area contributed by atoms with Gasteiger partial charge in [-0.15, -0.1) is 0 Å². The first-order chi connectivity index (χ1) is 6.92. The predicted octanol–water partition coefficient (Wildman–Crippen LogP) is 2.95. The summed E-state index contributed by atoms with van der Waals surface area (Å²) >= 11 is 0. The number of ketones is 1. The van der Waals surface area contributed by atoms with Gasteiger partial charge in [-0.25, -0.2) is 0 Å². The van der Waals surface area contributed by atoms with Crippen LogP contribution >= 0.6 is 0 Å². The summed E-state index contributed by atoms with van der Waals surface area (Å²) in [5, 5.41) is 9.68. The molecule has 2 rings (SSSR count). The van der Waals surface area contributed by atoms with Crippen molar-refractivity contribution in [3.63, 3.8) is 0 Å². The number of fused-ring (bicyclic) bond motifs is 1. The zero-order chi connectivity index (χ0) is 11.2. The van der Waals surface area contributed by atoms with E-state index in [2.05, 4.69) is 13.8 Å². The van der Waals surface area contributed by atoms with Gasteiger partial charge in [-0.05, 0) is 42.0 Å². The second-order valence-electron chi connectivity index (χ2n) is 4.99. The number of phenols is 1. The number of phenolic OH excluding ortho intramolecular Hbond substituents is 1. The minimum absolute atomic E-state index is 0.00553. The summed E-state index contributed by atoms with van der Waals surface area (Å²) in [5.74, 6) is 0.490. The standard InChI is InChI=1S/C13H16O2/c1-8-6-9-10(7-12(8)15)13(2,3)5-4-11(9)14/h6-7,15H,4-5H2,1-3H3. The first-order valence-electron chi connectivity index (χ1n) is 5.29. The van der Waals surface area contributed by atoms with Crippen LogP contribution in [0.5, 0.6) is 5.75 Å². The maximum Gasteiger partial charge on any atom is 0.163 e. The Morgan fingerprint density at radius 2 is 2.00 bits per heavy atom. The van der Waals surface area contributed by atoms with Gasteiger partial charge in [0.05, 0.1) is 0 Å². The molecule has 0 bridgehead atoms. The maximum atomic E-state index is 11.8. The molecule has 0 heterocycles. The topological polar surface area (TPSA) is 37.3 Å². The predicted molar refractivity (Wildman–Crippen MR) is 59.4 cm³/mol. The molecule has 0 radical (unpaired) electrons. The molecule has 0 aromatic heterocycles. The molecule has 15 heavy (non-hydrogen) atoms. The van der Waals surface area contributed by atoms with Crippen molar-refractivity contribution in [2.45, 2.75) is 39.0 Å². The number of aromatic hydroxyl groups is 1. The maximum absolute atomic E-state index is 11.8. The van der Waals surface area contributed by atoms with Gasteiger partial charge >= 0.3 is 0 Å². The Bertz CT molecular complexity index is 430. The summed E-state index contributed by atoms with van der Waals surface area (Å²) in [6, 6.07) is 3.57. The molecular formula is C13H16O2. The summed E-state index contributed by atoms with van der Waals surface area (Å²) in [5.41, 5.74) is 2.55. The second kappa shape index (κ2) is 3.09. The number of hydrogen-bond acceptors (Lipinski definition) is 2. The quantitative estimate of drug-likeness (QED) is 0.705. The van der Waals surface area contributed by atoms with Crippen LogP contribution in [0.1, 0.15) is 48.2 Å². The number of benzene rings is 1. The number of carbonyl (C=O) groups is 1. The lowest BCUT2D eigenvalue weighted by atomic mass is 9.72. The van der Waals surface area contributed by atoms with E-state index < -0.39 is 0 Å². The lowest BCUT2D eigenvalue weighted by Gasteiger charge is -2.32. The van der Waals surface area contributed by atoms with Gasteiger partial charge in [0.2, 0.25) is 0 Å². The van der Waals surface area contributed by atoms with Crippen LogP contribution in [0.4, 0.5) is 0 Å². The third kappa shape index (κ3) is 1.54. The third-order valence-corrected chi connectivity index (χ3v) is 3.34. The molecule has 1 aliphatic rings. The van der Waals surface area contributed by atoms with Gasteiger partial charge in [0.1, 0.15) is 5.75 Å². The van der Waals surface area contributed by atoms with Crippen molar-refractivity contribution in [3.05, 3.63) is 28.8 Å². The molecule has 0 aliphatic heterocycles. The molecule has 2 nitrogen and oxygen atoms in total. The Kier molecular flexibility index (Phi) is 2.10. The largest absolute Gasteiger partial charge is 0.508 e. The SMILES string of the molecule is Cc1cc2c(cc1O)C(C)(C)CCC2=O. The molecule has 1 N–H and O–H groups in total. The fourth-order valence-corrected chi connectivity index (χ4v) is 2.18. The lowest BCUT2D eigenvalue weighted by molar-refractivity contribution is 0.0956. The molecule has 0 fully saturated rings. The normalized spacial score (nSPS) is 18.7. The van der Waals surface area contributed by atoms with Gasteiger partial charge in [0, 0.05) is 12.0 Å². The first kappa shape index (κ1) is 10.2. The van der Waals surface area contributed by atoms with E-state index in [0.29, 0.717) is 6.42 Å². The van der Waals surface area contributed by atoms with Crippen LogP contribution in [0.2, 0.25) is 0 Å². The molecule has 0 amide bonds. The lowest BCUT2D eigenvalue weighted by Crippen LogP contribution is -2.27. The molecule has 0 saturated heterocycles. The van der Waals surface area contributed by atoms with E-state index in [1.165, 1.54) is 0 Å². The molecule has 0 unspecified atom stereocenters. The summed E-state index contributed by atoms with van der Waals surface area (Å²) in [6.07, 6.45) is 1.48. The van der Waals surface area contributed by atoms with E-state index in [0.717, 1.165) is 23.1 Å². The Balaban J connectivity index is 2.68. The van der Waals surface area contributed by atoms with Crippen LogP contribution in [0.25, 0.3) is 0 Å². The van der Waals surface area contributed by atoms with Crippen LogP contribution in [0.15, 0.2) is 12.1 Å². The Morgan fingerprint density at radius 1 is 1.33 bits per heavy atom. The molecule has 80 valence electrons. The minimum atomic E-state index is -0.00553. The second-order valence-corrected chi connectivity index (χ2v) is 4.99. The molecule has 0 saturated carbocycles. The molecule has 1 aromatic carbocycles. The molecule has 0 atom stereocenters. The van der Waals surface area contributed by atoms with Crippen LogP contribution < -0.4 is 0 Å². The number of aryl methyl sites for hydroxylation is 1. The summed E-state index contributed by atoms with van der Waals surface area (Å²) in [7, 11) is 0. The Morgan fingerprint density at radius 3 is 2.67 bits per heavy atom. The zero-order valence-corrected chi connectivity index (χ0v) is 9.42. The number of hydrogen-bond donors (Lipinski definition) is 1. The van der Waals surface area contributed by atoms with Crippen molar-refractivity contribution in [2.75, 3.05) is 0 Å². The van der Waals surface area contributed by atoms with E-state index in [-0.39, 0.29) is 16.9 Å². The Hall–Kier alpha value is -1.31. The first-order valence-corrected chi connectivity index (χ1v) is 5.29. The smallest absolute Gasteiger partial charge is 0.163 e. The monoisotopic (exact) mass is 204 g/mol. The van der Waals surface area contributed by atoms with Crippen molar-refractivity contribution < 1.29 is 9.90 Å². The van der Waals surface area contributed by atoms with Crippen LogP contribution in [0, 0.1) is 6.92 Å². The highest BCUT2D eigenvalue weighted by molar-refractivity contribution is 5.99. The molecule has 1 aromatic rings. The van der Waals surface area contributed by atoms with Crippen molar-refractivity contribution in [1.82, 2.24) is 0 Å². The van der Waals surface area contributed by atoms with Gasteiger partial charge in [-0.2, -0.15) is 0 Å². The van der Waals surface area contributed by atoms with Crippen LogP contribution in [-0.2, 0) is 5.41 Å². The number of carbonyl (C=O) groups excluding carboxylic acids is 1. The fraction of sp³-hybridized carbons (Fsp3) is 0.462. The molecule has 0 spiro atoms. The minimum Gasteiger partial charge on any atom is -0.508 e. The van der Waals surface area contributed by atoms with E-state index >= 15 is 0 Å². The molecule has 1 aliphatic carbocycles. The van der Waals surface area contributed by atoms with E-state index in [4.69, 9.17) is 0 Å². The highest BCUT2D eigenvalue weighted by Gasteiger charge is 2.32. The van der Waals surface area contributed by atoms with E-state index in [1.54, 1.807) is 6.07 Å². The summed E-state index contributed by atoms with van der Waals surface area (Å²) in [4.78, 5) is 11.8. The van der Waals surface area contributed by atoms with Gasteiger partial charge in [-0.1, -0.05) is 13.8 Å². The van der Waals surface area contributed by atoms with Gasteiger partial charge in [0.15, 0.2) is 5.78 Å². The highest BCUT2D eigenvalue weighted by Crippen LogP contribution is 2.39. The van der Waals surface area contributed by atoms with Crippen molar-refractivity contribution in [3.8, 4) is 5.75 Å². The van der Waals surface area contributed by atoms with Crippen molar-refractivity contribution >= 4 is 5.78 Å². The summed E-state index contributed by atoms with van der Waals surface area (Å²) in [6.45, 7) is 6.06. The average Bonchev–Trinajstić information content (AvgIpc) is 2.16. The molecular weight excluding hydrogens is 188 g/mol. The van der Waals surface area contributed by atoms with Crippen LogP contribution in [-0.4, -0.2) is 10.9 Å². The third-order valence-electron chi connectivity index (χ3n) is 3.34. The average molecular weight is 204 g/mol. The van der Waals surface area contributed by atoms with Gasteiger partial charge < -0.3 is 5.11 Å².